The number of likely N-dealkylation sites (tertiary alicyclic amines) is 1. The molecule has 190 valence electrons. The van der Waals surface area contributed by atoms with Crippen LogP contribution in [0.1, 0.15) is 29.9 Å². The Kier molecular flexibility index (Phi) is 6.43. The Bertz CT molecular complexity index is 1690. The van der Waals surface area contributed by atoms with Gasteiger partial charge in [-0.25, -0.2) is 18.0 Å². The van der Waals surface area contributed by atoms with E-state index in [4.69, 9.17) is 5.73 Å². The molecule has 0 bridgehead atoms. The van der Waals surface area contributed by atoms with Gasteiger partial charge in [0.2, 0.25) is 9.84 Å². The number of nitrogens with zero attached hydrogens (tertiary/aromatic N) is 2. The Morgan fingerprint density at radius 2 is 1.57 bits per heavy atom. The highest BCUT2D eigenvalue weighted by atomic mass is 32.2. The number of benzene rings is 3. The van der Waals surface area contributed by atoms with E-state index in [1.807, 2.05) is 12.1 Å². The lowest BCUT2D eigenvalue weighted by atomic mass is 9.89. The zero-order chi connectivity index (χ0) is 26.2. The number of H-pyrrole nitrogens is 1. The van der Waals surface area contributed by atoms with Gasteiger partial charge in [0.05, 0.1) is 27.2 Å². The molecule has 0 aliphatic carbocycles. The summed E-state index contributed by atoms with van der Waals surface area (Å²) in [5.74, 6) is 0.180. The molecule has 1 aromatic heterocycles. The zero-order valence-corrected chi connectivity index (χ0v) is 20.8. The molecule has 4 aromatic rings. The smallest absolute Gasteiger partial charge is 0.329 e. The zero-order valence-electron chi connectivity index (χ0n) is 20.0. The average Bonchev–Trinajstić information content (AvgIpc) is 2.92. The third kappa shape index (κ3) is 4.79. The lowest BCUT2D eigenvalue weighted by Crippen LogP contribution is -2.41. The molecule has 10 heteroatoms. The number of urea groups is 1. The van der Waals surface area contributed by atoms with E-state index >= 15 is 0 Å². The molecule has 3 N–H and O–H groups in total. The van der Waals surface area contributed by atoms with Gasteiger partial charge in [0.15, 0.2) is 0 Å². The molecule has 3 aromatic carbocycles. The number of aromatic nitrogens is 2. The van der Waals surface area contributed by atoms with Crippen LogP contribution in [0.3, 0.4) is 0 Å². The van der Waals surface area contributed by atoms with Crippen molar-refractivity contribution in [2.75, 3.05) is 13.1 Å². The van der Waals surface area contributed by atoms with E-state index in [2.05, 4.69) is 4.98 Å². The number of piperidine rings is 1. The van der Waals surface area contributed by atoms with E-state index < -0.39 is 27.1 Å². The van der Waals surface area contributed by atoms with Crippen LogP contribution in [0.15, 0.2) is 92.2 Å². The van der Waals surface area contributed by atoms with Crippen LogP contribution >= 0.6 is 0 Å². The van der Waals surface area contributed by atoms with Gasteiger partial charge in [-0.3, -0.25) is 9.36 Å². The molecule has 5 rings (SSSR count). The first kappa shape index (κ1) is 24.5. The number of fused-ring (bicyclic) bond motifs is 1. The van der Waals surface area contributed by atoms with Crippen LogP contribution in [0.4, 0.5) is 4.79 Å². The molecule has 1 aliphatic rings. The number of sulfone groups is 1. The van der Waals surface area contributed by atoms with Crippen molar-refractivity contribution < 1.29 is 13.2 Å². The predicted molar refractivity (Wildman–Crippen MR) is 139 cm³/mol. The summed E-state index contributed by atoms with van der Waals surface area (Å²) in [6.07, 6.45) is 1.48. The normalized spacial score (nSPS) is 14.6. The molecular weight excluding hydrogens is 492 g/mol. The largest absolute Gasteiger partial charge is 0.351 e. The van der Waals surface area contributed by atoms with E-state index in [0.717, 1.165) is 23.0 Å². The molecular formula is C27H26N4O5S. The van der Waals surface area contributed by atoms with Gasteiger partial charge in [0.25, 0.3) is 5.56 Å². The van der Waals surface area contributed by atoms with Crippen molar-refractivity contribution in [1.82, 2.24) is 14.5 Å². The van der Waals surface area contributed by atoms with Gasteiger partial charge in [-0.15, -0.1) is 0 Å². The third-order valence-electron chi connectivity index (χ3n) is 6.91. The highest BCUT2D eigenvalue weighted by Crippen LogP contribution is 2.29. The second-order valence-electron chi connectivity index (χ2n) is 9.19. The standard InChI is InChI=1S/C27H26N4O5S/c28-26(33)30-14-12-19(13-15-30)20-8-11-24-23(16-20)25(32)31(27(34)29-24)17-18-6-9-22(10-7-18)37(35,36)21-4-2-1-3-5-21/h1-11,16,19H,12-15,17H2,(H2,28,33)(H,29,34). The number of nitrogens with two attached hydrogens (primary N) is 1. The monoisotopic (exact) mass is 518 g/mol. The van der Waals surface area contributed by atoms with Crippen LogP contribution < -0.4 is 17.0 Å². The first-order chi connectivity index (χ1) is 17.7. The number of aromatic amines is 1. The molecule has 2 amide bonds. The van der Waals surface area contributed by atoms with E-state index in [0.29, 0.717) is 29.6 Å². The van der Waals surface area contributed by atoms with Gasteiger partial charge in [-0.2, -0.15) is 0 Å². The predicted octanol–water partition coefficient (Wildman–Crippen LogP) is 2.83. The minimum atomic E-state index is -3.66. The Labute approximate surface area is 213 Å². The number of hydrogen-bond donors (Lipinski definition) is 2. The molecule has 1 aliphatic heterocycles. The maximum absolute atomic E-state index is 13.3. The van der Waals surface area contributed by atoms with Crippen LogP contribution in [0.25, 0.3) is 10.9 Å². The number of hydrogen-bond acceptors (Lipinski definition) is 5. The molecule has 37 heavy (non-hydrogen) atoms. The SMILES string of the molecule is NC(=O)N1CCC(c2ccc3[nH]c(=O)n(Cc4ccc(S(=O)(=O)c5ccccc5)cc4)c(=O)c3c2)CC1. The van der Waals surface area contributed by atoms with Crippen molar-refractivity contribution in [3.63, 3.8) is 0 Å². The minimum absolute atomic E-state index is 0.00298. The Hall–Kier alpha value is -4.18. The van der Waals surface area contributed by atoms with Crippen molar-refractivity contribution in [2.45, 2.75) is 35.1 Å². The van der Waals surface area contributed by atoms with Crippen LogP contribution in [0, 0.1) is 0 Å². The summed E-state index contributed by atoms with van der Waals surface area (Å²) < 4.78 is 26.8. The quantitative estimate of drug-likeness (QED) is 0.419. The fraction of sp³-hybridized carbons (Fsp3) is 0.222. The van der Waals surface area contributed by atoms with E-state index in [1.54, 1.807) is 41.3 Å². The lowest BCUT2D eigenvalue weighted by molar-refractivity contribution is 0.190. The Morgan fingerprint density at radius 3 is 2.22 bits per heavy atom. The summed E-state index contributed by atoms with van der Waals surface area (Å²) in [5, 5.41) is 0.401. The molecule has 9 nitrogen and oxygen atoms in total. The first-order valence-electron chi connectivity index (χ1n) is 11.9. The Balaban J connectivity index is 1.42. The maximum atomic E-state index is 13.3. The van der Waals surface area contributed by atoms with Gasteiger partial charge in [-0.1, -0.05) is 36.4 Å². The molecule has 0 unspecified atom stereocenters. The highest BCUT2D eigenvalue weighted by Gasteiger charge is 2.23. The number of carbonyl (C=O) groups excluding carboxylic acids is 1. The molecule has 1 saturated heterocycles. The van der Waals surface area contributed by atoms with E-state index in [-0.39, 0.29) is 22.3 Å². The minimum Gasteiger partial charge on any atom is -0.351 e. The second kappa shape index (κ2) is 9.70. The van der Waals surface area contributed by atoms with Gasteiger partial charge in [0.1, 0.15) is 0 Å². The maximum Gasteiger partial charge on any atom is 0.329 e. The molecule has 0 spiro atoms. The summed E-state index contributed by atoms with van der Waals surface area (Å²) in [6, 6.07) is 19.3. The van der Waals surface area contributed by atoms with Crippen LogP contribution in [-0.2, 0) is 16.4 Å². The van der Waals surface area contributed by atoms with Crippen LogP contribution in [0.5, 0.6) is 0 Å². The summed E-state index contributed by atoms with van der Waals surface area (Å²) >= 11 is 0. The van der Waals surface area contributed by atoms with Crippen molar-refractivity contribution in [3.05, 3.63) is 105 Å². The summed E-state index contributed by atoms with van der Waals surface area (Å²) in [5.41, 5.74) is 6.46. The number of carbonyl (C=O) groups is 1. The first-order valence-corrected chi connectivity index (χ1v) is 13.4. The molecule has 0 saturated carbocycles. The van der Waals surface area contributed by atoms with Crippen molar-refractivity contribution in [1.29, 1.82) is 0 Å². The van der Waals surface area contributed by atoms with Crippen LogP contribution in [0.2, 0.25) is 0 Å². The Morgan fingerprint density at radius 1 is 0.919 bits per heavy atom. The number of primary amides is 1. The fourth-order valence-corrected chi connectivity index (χ4v) is 6.07. The van der Waals surface area contributed by atoms with Gasteiger partial charge < -0.3 is 15.6 Å². The van der Waals surface area contributed by atoms with E-state index in [9.17, 15) is 22.8 Å². The summed E-state index contributed by atoms with van der Waals surface area (Å²) in [6.45, 7) is 1.12. The van der Waals surface area contributed by atoms with Gasteiger partial charge in [0, 0.05) is 13.1 Å². The second-order valence-corrected chi connectivity index (χ2v) is 11.1. The number of amides is 2. The van der Waals surface area contributed by atoms with Gasteiger partial charge in [-0.05, 0) is 66.3 Å². The molecule has 0 radical (unpaired) electrons. The summed E-state index contributed by atoms with van der Waals surface area (Å²) in [4.78, 5) is 42.2. The molecule has 1 fully saturated rings. The highest BCUT2D eigenvalue weighted by molar-refractivity contribution is 7.91. The topological polar surface area (TPSA) is 135 Å². The number of rotatable bonds is 5. The van der Waals surface area contributed by atoms with Crippen molar-refractivity contribution in [2.24, 2.45) is 5.73 Å². The fourth-order valence-electron chi connectivity index (χ4n) is 4.79. The van der Waals surface area contributed by atoms with Crippen LogP contribution in [-0.4, -0.2) is 42.0 Å². The number of nitrogens with one attached hydrogen (secondary N) is 1. The van der Waals surface area contributed by atoms with Crippen molar-refractivity contribution in [3.8, 4) is 0 Å². The molecule has 2 heterocycles. The van der Waals surface area contributed by atoms with E-state index in [1.165, 1.54) is 24.3 Å². The van der Waals surface area contributed by atoms with Gasteiger partial charge >= 0.3 is 11.7 Å². The average molecular weight is 519 g/mol. The third-order valence-corrected chi connectivity index (χ3v) is 8.70. The lowest BCUT2D eigenvalue weighted by Gasteiger charge is -2.31. The van der Waals surface area contributed by atoms with Crippen molar-refractivity contribution >= 4 is 26.8 Å². The summed E-state index contributed by atoms with van der Waals surface area (Å²) in [7, 11) is -3.66. The molecule has 0 atom stereocenters.